The van der Waals surface area contributed by atoms with Gasteiger partial charge >= 0.3 is 0 Å². The van der Waals surface area contributed by atoms with Gasteiger partial charge in [-0.2, -0.15) is 0 Å². The molecule has 22 rings (SSSR count). The van der Waals surface area contributed by atoms with Gasteiger partial charge in [0.25, 0.3) is 0 Å². The van der Waals surface area contributed by atoms with E-state index in [0.29, 0.717) is 19.1 Å². The Morgan fingerprint density at radius 3 is 0.703 bits per heavy atom. The Morgan fingerprint density at radius 1 is 0.230 bits per heavy atom. The highest BCUT2D eigenvalue weighted by Gasteiger charge is 2.32. The Morgan fingerprint density at radius 2 is 0.446 bits per heavy atom. The Bertz CT molecular complexity index is 7950. The summed E-state index contributed by atoms with van der Waals surface area (Å²) in [5.74, 6) is 7.66. The van der Waals surface area contributed by atoms with Gasteiger partial charge in [-0.05, 0) is 355 Å². The lowest BCUT2D eigenvalue weighted by Gasteiger charge is -2.33. The molecule has 0 aliphatic rings. The Balaban J connectivity index is 0.646. The number of hydrogen-bond acceptors (Lipinski definition) is 4. The van der Waals surface area contributed by atoms with E-state index in [1.807, 2.05) is 13.8 Å². The van der Waals surface area contributed by atoms with E-state index in [2.05, 4.69) is 517 Å². The first kappa shape index (κ1) is 96.3. The average Bonchev–Trinajstić information content (AvgIpc) is 1.59. The van der Waals surface area contributed by atoms with E-state index in [4.69, 9.17) is 9.47 Å². The van der Waals surface area contributed by atoms with Crippen LogP contribution in [0.4, 0.5) is 34.1 Å². The summed E-state index contributed by atoms with van der Waals surface area (Å²) < 4.78 is 20.4. The van der Waals surface area contributed by atoms with Gasteiger partial charge in [0.15, 0.2) is 0 Å². The average molecular weight is 1930 g/mol. The summed E-state index contributed by atoms with van der Waals surface area (Å²) in [7, 11) is 0. The van der Waals surface area contributed by atoms with Gasteiger partial charge in [0.05, 0.1) is 57.3 Å². The largest absolute Gasteiger partial charge is 0.447 e. The molecule has 4 heterocycles. The first-order valence-electron chi connectivity index (χ1n) is 53.7. The van der Waals surface area contributed by atoms with Gasteiger partial charge in [-0.25, -0.2) is 0 Å². The summed E-state index contributed by atoms with van der Waals surface area (Å²) in [6, 6.07) is 166. The van der Waals surface area contributed by atoms with Crippen LogP contribution in [0.15, 0.2) is 437 Å². The maximum atomic E-state index is 5.39. The number of fused-ring (bicyclic) bond motifs is 12. The summed E-state index contributed by atoms with van der Waals surface area (Å²) in [5, 5.41) is 9.95. The second-order valence-corrected chi connectivity index (χ2v) is 40.5. The van der Waals surface area contributed by atoms with Crippen LogP contribution in [0, 0.1) is 37.9 Å². The lowest BCUT2D eigenvalue weighted by Crippen LogP contribution is -2.16. The minimum Gasteiger partial charge on any atom is -0.447 e. The molecule has 0 aliphatic heterocycles. The first-order valence-corrected chi connectivity index (χ1v) is 53.7. The van der Waals surface area contributed by atoms with Crippen molar-refractivity contribution in [3.05, 3.63) is 492 Å². The second-order valence-electron chi connectivity index (χ2n) is 40.5. The third-order valence-electron chi connectivity index (χ3n) is 31.1. The quantitative estimate of drug-likeness (QED) is 0.0288. The number of ether oxygens (including phenoxy) is 2. The molecule has 0 fully saturated rings. The van der Waals surface area contributed by atoms with Crippen molar-refractivity contribution in [1.29, 1.82) is 0 Å². The van der Waals surface area contributed by atoms with Gasteiger partial charge in [-0.1, -0.05) is 304 Å². The smallest absolute Gasteiger partial charge is 0.110 e. The molecular formula is C140H128N6O2. The third kappa shape index (κ3) is 20.4. The van der Waals surface area contributed by atoms with Crippen LogP contribution in [0.2, 0.25) is 0 Å². The molecule has 18 aromatic carbocycles. The maximum Gasteiger partial charge on any atom is 0.110 e. The Kier molecular flexibility index (Phi) is 29.0. The number of aryl methyl sites for hydroxylation is 4. The van der Waals surface area contributed by atoms with E-state index in [0.717, 1.165) is 147 Å². The van der Waals surface area contributed by atoms with Crippen molar-refractivity contribution in [3.63, 3.8) is 0 Å². The molecule has 0 saturated heterocycles. The molecule has 0 N–H and O–H groups in total. The summed E-state index contributed by atoms with van der Waals surface area (Å²) in [6.07, 6.45) is 19.6. The molecule has 6 atom stereocenters. The van der Waals surface area contributed by atoms with Gasteiger partial charge in [0, 0.05) is 113 Å². The van der Waals surface area contributed by atoms with Crippen LogP contribution in [0.5, 0.6) is 0 Å². The van der Waals surface area contributed by atoms with Crippen LogP contribution in [0.1, 0.15) is 196 Å². The van der Waals surface area contributed by atoms with Crippen molar-refractivity contribution in [2.75, 3.05) is 23.0 Å². The molecule has 22 aromatic rings. The molecule has 148 heavy (non-hydrogen) atoms. The molecule has 8 nitrogen and oxygen atoms in total. The molecule has 0 radical (unpaired) electrons. The van der Waals surface area contributed by atoms with E-state index < -0.39 is 0 Å². The third-order valence-corrected chi connectivity index (χ3v) is 31.1. The highest BCUT2D eigenvalue weighted by molar-refractivity contribution is 6.12. The molecular weight excluding hydrogens is 1800 g/mol. The minimum atomic E-state index is 0.109. The normalized spacial score (nSPS) is 12.8. The lowest BCUT2D eigenvalue weighted by molar-refractivity contribution is 0.298. The zero-order chi connectivity index (χ0) is 100. The highest BCUT2D eigenvalue weighted by atomic mass is 16.5. The number of benzene rings is 18. The Labute approximate surface area is 872 Å². The number of hydrogen-bond donors (Lipinski definition) is 0. The monoisotopic (exact) mass is 1930 g/mol. The molecule has 0 bridgehead atoms. The second kappa shape index (κ2) is 44.6. The van der Waals surface area contributed by atoms with Crippen molar-refractivity contribution >= 4 is 121 Å². The number of nitrogens with zero attached hydrogens (tertiary/aromatic N) is 6. The lowest BCUT2D eigenvalue weighted by atomic mass is 9.72. The molecule has 0 saturated carbocycles. The zero-order valence-electron chi connectivity index (χ0n) is 85.8. The standard InChI is InChI=1S/C140H128N6O2/c1-7-104(106-64-56-102(57-65-106)34-14-10-12-32-92-147-8-2)95-112(109-66-58-103(59-67-109)35-15-11-13-33-93-148-9-3)97-114(108-62-54-100(5)55-63-108)98-113(107-60-52-99(4)53-61-107)96-111(110-70-74-116(75-71-110)142(119-80-88-123(89-81-119)145-137-48-28-20-40-129(137)130-41-21-29-49-138(130)145)120-82-90-124(91-83-120)146-139-50-30-22-42-131(139)132-43-23-31-51-140(132)146)94-101(6)105-68-72-115(73-69-105)141(117-76-84-121(85-77-117)143-133-44-24-16-36-125(133)126-37-17-25-45-134(126)143)118-78-86-122(87-79-118)144-135-46-26-18-38-127(135)128-39-19-27-47-136(128)144/h16-31,36-91,101,104,111-114H,7-15,34-35,94-98H2,1-6H3. The molecule has 0 amide bonds. The zero-order valence-corrected chi connectivity index (χ0v) is 85.8. The summed E-state index contributed by atoms with van der Waals surface area (Å²) in [6.45, 7) is 14.6. The van der Waals surface area contributed by atoms with Crippen LogP contribution in [-0.2, 0) is 22.3 Å². The van der Waals surface area contributed by atoms with E-state index in [1.54, 1.807) is 0 Å². The van der Waals surface area contributed by atoms with Gasteiger partial charge in [-0.3, -0.25) is 0 Å². The van der Waals surface area contributed by atoms with Crippen molar-refractivity contribution in [2.45, 2.75) is 167 Å². The number of para-hydroxylation sites is 8. The molecule has 4 aromatic heterocycles. The molecule has 0 aliphatic carbocycles. The van der Waals surface area contributed by atoms with Gasteiger partial charge in [0.1, 0.15) is 12.2 Å². The minimum absolute atomic E-state index is 0.109. The SMILES string of the molecule is CCOC#CCCCCc1ccc(C(CC)CC(CC(CC(CC(CC(C)c2ccc(N(c3ccc(-n4c5ccccc5c5ccccc54)cc3)c3ccc(-n4c5ccccc5c5ccccc54)cc3)cc2)c2ccc(N(c3ccc(-n4c5ccccc5c5ccccc54)cc3)c3ccc(-n4c5ccccc5c5ccccc54)cc3)cc2)c2ccc(C)cc2)c2ccc(C)cc2)c2ccc(CCCCC#COCC)cc2)cc1. The predicted molar refractivity (Wildman–Crippen MR) is 624 cm³/mol. The van der Waals surface area contributed by atoms with Crippen LogP contribution in [-0.4, -0.2) is 31.5 Å². The van der Waals surface area contributed by atoms with Crippen LogP contribution < -0.4 is 9.80 Å². The van der Waals surface area contributed by atoms with Crippen molar-refractivity contribution in [3.8, 4) is 46.8 Å². The Hall–Kier alpha value is -16.5. The molecule has 8 heteroatoms. The fourth-order valence-corrected chi connectivity index (χ4v) is 23.5. The van der Waals surface area contributed by atoms with Gasteiger partial charge < -0.3 is 37.5 Å². The summed E-state index contributed by atoms with van der Waals surface area (Å²) >= 11 is 0. The molecule has 730 valence electrons. The van der Waals surface area contributed by atoms with Crippen LogP contribution in [0.25, 0.3) is 110 Å². The van der Waals surface area contributed by atoms with Crippen molar-refractivity contribution < 1.29 is 9.47 Å². The van der Waals surface area contributed by atoms with E-state index in [9.17, 15) is 0 Å². The van der Waals surface area contributed by atoms with E-state index in [1.165, 1.54) is 143 Å². The van der Waals surface area contributed by atoms with Crippen molar-refractivity contribution in [1.82, 2.24) is 18.3 Å². The topological polar surface area (TPSA) is 44.7 Å². The first-order chi connectivity index (χ1) is 73.0. The maximum absolute atomic E-state index is 5.39. The summed E-state index contributed by atoms with van der Waals surface area (Å²) in [5.41, 5.74) is 34.0. The number of rotatable bonds is 37. The van der Waals surface area contributed by atoms with E-state index in [-0.39, 0.29) is 29.6 Å². The molecule has 6 unspecified atom stereocenters. The highest BCUT2D eigenvalue weighted by Crippen LogP contribution is 2.50. The van der Waals surface area contributed by atoms with Crippen LogP contribution >= 0.6 is 0 Å². The van der Waals surface area contributed by atoms with E-state index >= 15 is 0 Å². The van der Waals surface area contributed by atoms with Crippen LogP contribution in [0.3, 0.4) is 0 Å². The number of unbranched alkanes of at least 4 members (excludes halogenated alkanes) is 4. The van der Waals surface area contributed by atoms with Crippen molar-refractivity contribution in [2.24, 2.45) is 0 Å². The number of aromatic nitrogens is 4. The van der Waals surface area contributed by atoms with Gasteiger partial charge in [-0.15, -0.1) is 0 Å². The number of anilines is 6. The molecule has 0 spiro atoms. The van der Waals surface area contributed by atoms with Gasteiger partial charge in [0.2, 0.25) is 0 Å². The fourth-order valence-electron chi connectivity index (χ4n) is 23.5. The fraction of sp³-hybridized carbons (Fsp3) is 0.200. The predicted octanol–water partition coefficient (Wildman–Crippen LogP) is 37.4. The summed E-state index contributed by atoms with van der Waals surface area (Å²) in [4.78, 5) is 4.91.